The molecule has 5 N–H and O–H groups in total. The highest BCUT2D eigenvalue weighted by Gasteiger charge is 2.23. The Morgan fingerprint density at radius 2 is 1.79 bits per heavy atom. The van der Waals surface area contributed by atoms with Crippen LogP contribution in [0.2, 0.25) is 0 Å². The van der Waals surface area contributed by atoms with E-state index in [1.165, 1.54) is 5.48 Å². The van der Waals surface area contributed by atoms with Gasteiger partial charge in [-0.25, -0.2) is 10.3 Å². The highest BCUT2D eigenvalue weighted by Crippen LogP contribution is 2.01. The lowest BCUT2D eigenvalue weighted by Gasteiger charge is -2.26. The van der Waals surface area contributed by atoms with E-state index in [1.54, 1.807) is 0 Å². The summed E-state index contributed by atoms with van der Waals surface area (Å²) in [5, 5.41) is 28.4. The van der Waals surface area contributed by atoms with Gasteiger partial charge in [-0.3, -0.25) is 14.8 Å². The molecule has 110 valence electrons. The second-order valence-corrected chi connectivity index (χ2v) is 4.34. The van der Waals surface area contributed by atoms with Crippen molar-refractivity contribution >= 4 is 17.9 Å². The Bertz CT molecular complexity index is 333. The van der Waals surface area contributed by atoms with E-state index in [9.17, 15) is 19.5 Å². The van der Waals surface area contributed by atoms with Crippen LogP contribution in [0.4, 0.5) is 4.79 Å². The summed E-state index contributed by atoms with van der Waals surface area (Å²) in [6.45, 7) is 2.94. The molecule has 19 heavy (non-hydrogen) atoms. The maximum atomic E-state index is 11.7. The molecule has 0 spiro atoms. The number of carbonyl (C=O) groups is 3. The fraction of sp³-hybridized carbons (Fsp3) is 0.700. The summed E-state index contributed by atoms with van der Waals surface area (Å²) < 4.78 is 0. The van der Waals surface area contributed by atoms with Crippen LogP contribution in [0.25, 0.3) is 0 Å². The van der Waals surface area contributed by atoms with E-state index < -0.39 is 30.6 Å². The molecule has 0 radical (unpaired) electrons. The first-order chi connectivity index (χ1) is 8.77. The molecule has 0 rings (SSSR count). The maximum Gasteiger partial charge on any atom is 0.323 e. The van der Waals surface area contributed by atoms with Crippen molar-refractivity contribution in [3.05, 3.63) is 0 Å². The first-order valence-corrected chi connectivity index (χ1v) is 5.64. The molecular weight excluding hydrogens is 258 g/mol. The Morgan fingerprint density at radius 3 is 2.21 bits per heavy atom. The standard InChI is InChI=1S/C10H19N3O6/c1-6(2)4-13(5-7(14)9(17)12-19)10(18)11-3-8(15)16/h6-7,14,19H,3-5H2,1-2H3,(H,11,18)(H,12,17)(H,15,16)/t7-/m0/s1. The molecule has 9 nitrogen and oxygen atoms in total. The SMILES string of the molecule is CC(C)CN(C[C@H](O)C(=O)NO)C(=O)NCC(=O)O. The second-order valence-electron chi connectivity index (χ2n) is 4.34. The summed E-state index contributed by atoms with van der Waals surface area (Å²) in [4.78, 5) is 34.1. The first kappa shape index (κ1) is 17.1. The van der Waals surface area contributed by atoms with Crippen molar-refractivity contribution in [3.63, 3.8) is 0 Å². The lowest BCUT2D eigenvalue weighted by atomic mass is 10.2. The lowest BCUT2D eigenvalue weighted by Crippen LogP contribution is -2.49. The van der Waals surface area contributed by atoms with Crippen LogP contribution < -0.4 is 10.8 Å². The largest absolute Gasteiger partial charge is 0.480 e. The zero-order valence-electron chi connectivity index (χ0n) is 10.8. The van der Waals surface area contributed by atoms with Crippen LogP contribution in [0.3, 0.4) is 0 Å². The van der Waals surface area contributed by atoms with Gasteiger partial charge >= 0.3 is 12.0 Å². The molecule has 0 saturated carbocycles. The molecule has 3 amide bonds. The highest BCUT2D eigenvalue weighted by molar-refractivity contribution is 5.82. The molecule has 0 saturated heterocycles. The number of amides is 3. The number of hydrogen-bond donors (Lipinski definition) is 5. The Balaban J connectivity index is 4.57. The molecule has 0 unspecified atom stereocenters. The van der Waals surface area contributed by atoms with E-state index in [4.69, 9.17) is 10.3 Å². The van der Waals surface area contributed by atoms with Crippen LogP contribution in [0, 0.1) is 5.92 Å². The van der Waals surface area contributed by atoms with Gasteiger partial charge in [0.05, 0.1) is 6.54 Å². The number of nitrogens with one attached hydrogen (secondary N) is 2. The van der Waals surface area contributed by atoms with Gasteiger partial charge in [0.1, 0.15) is 6.54 Å². The Kier molecular flexibility index (Phi) is 7.46. The summed E-state index contributed by atoms with van der Waals surface area (Å²) in [6, 6.07) is -0.708. The van der Waals surface area contributed by atoms with Gasteiger partial charge < -0.3 is 20.4 Å². The fourth-order valence-electron chi connectivity index (χ4n) is 1.31. The van der Waals surface area contributed by atoms with E-state index >= 15 is 0 Å². The number of carboxylic acids is 1. The molecule has 0 aliphatic carbocycles. The van der Waals surface area contributed by atoms with E-state index in [0.717, 1.165) is 4.90 Å². The number of aliphatic hydroxyl groups is 1. The molecule has 0 aromatic heterocycles. The predicted octanol–water partition coefficient (Wildman–Crippen LogP) is -1.40. The van der Waals surface area contributed by atoms with Crippen molar-refractivity contribution in [2.24, 2.45) is 5.92 Å². The number of rotatable bonds is 7. The third kappa shape index (κ3) is 7.21. The van der Waals surface area contributed by atoms with E-state index in [2.05, 4.69) is 5.32 Å². The Hall–Kier alpha value is -1.87. The van der Waals surface area contributed by atoms with E-state index in [-0.39, 0.29) is 19.0 Å². The molecule has 0 heterocycles. The van der Waals surface area contributed by atoms with Gasteiger partial charge in [0, 0.05) is 6.54 Å². The number of aliphatic carboxylic acids is 1. The maximum absolute atomic E-state index is 11.7. The molecule has 0 aliphatic heterocycles. The quantitative estimate of drug-likeness (QED) is 0.286. The number of carboxylic acid groups (broad SMARTS) is 1. The van der Waals surface area contributed by atoms with Crippen LogP contribution in [-0.4, -0.2) is 64.0 Å². The predicted molar refractivity (Wildman–Crippen MR) is 63.4 cm³/mol. The summed E-state index contributed by atoms with van der Waals surface area (Å²) >= 11 is 0. The molecule has 0 aromatic carbocycles. The lowest BCUT2D eigenvalue weighted by molar-refractivity contribution is -0.138. The Morgan fingerprint density at radius 1 is 1.21 bits per heavy atom. The van der Waals surface area contributed by atoms with Gasteiger partial charge in [0.15, 0.2) is 6.10 Å². The first-order valence-electron chi connectivity index (χ1n) is 5.64. The van der Waals surface area contributed by atoms with Crippen molar-refractivity contribution < 1.29 is 29.8 Å². The smallest absolute Gasteiger partial charge is 0.323 e. The summed E-state index contributed by atoms with van der Waals surface area (Å²) in [5.74, 6) is -2.19. The summed E-state index contributed by atoms with van der Waals surface area (Å²) in [5.41, 5.74) is 1.27. The number of hydrogen-bond acceptors (Lipinski definition) is 5. The molecule has 0 aliphatic rings. The van der Waals surface area contributed by atoms with E-state index in [0.29, 0.717) is 0 Å². The summed E-state index contributed by atoms with van der Waals surface area (Å²) in [7, 11) is 0. The minimum atomic E-state index is -1.60. The van der Waals surface area contributed by atoms with Gasteiger partial charge in [0.2, 0.25) is 0 Å². The minimum absolute atomic E-state index is 0.0555. The average Bonchev–Trinajstić information content (AvgIpc) is 2.33. The van der Waals surface area contributed by atoms with Crippen LogP contribution >= 0.6 is 0 Å². The van der Waals surface area contributed by atoms with Crippen LogP contribution in [0.1, 0.15) is 13.8 Å². The van der Waals surface area contributed by atoms with Gasteiger partial charge in [0.25, 0.3) is 5.91 Å². The Labute approximate surface area is 110 Å². The van der Waals surface area contributed by atoms with Crippen LogP contribution in [0.15, 0.2) is 0 Å². The van der Waals surface area contributed by atoms with Crippen molar-refractivity contribution in [2.75, 3.05) is 19.6 Å². The normalized spacial score (nSPS) is 11.8. The van der Waals surface area contributed by atoms with Crippen molar-refractivity contribution in [1.82, 2.24) is 15.7 Å². The third-order valence-electron chi connectivity index (χ3n) is 2.07. The number of aliphatic hydroxyl groups excluding tert-OH is 1. The van der Waals surface area contributed by atoms with Crippen molar-refractivity contribution in [3.8, 4) is 0 Å². The zero-order valence-corrected chi connectivity index (χ0v) is 10.8. The molecule has 0 aromatic rings. The highest BCUT2D eigenvalue weighted by atomic mass is 16.5. The molecule has 1 atom stereocenters. The average molecular weight is 277 g/mol. The zero-order chi connectivity index (χ0) is 15.0. The van der Waals surface area contributed by atoms with Crippen molar-refractivity contribution in [2.45, 2.75) is 20.0 Å². The minimum Gasteiger partial charge on any atom is -0.480 e. The van der Waals surface area contributed by atoms with Gasteiger partial charge in [-0.1, -0.05) is 13.8 Å². The van der Waals surface area contributed by atoms with Crippen LogP contribution in [0.5, 0.6) is 0 Å². The van der Waals surface area contributed by atoms with Gasteiger partial charge in [-0.05, 0) is 5.92 Å². The third-order valence-corrected chi connectivity index (χ3v) is 2.07. The number of urea groups is 1. The number of hydroxylamine groups is 1. The number of nitrogens with zero attached hydrogens (tertiary/aromatic N) is 1. The van der Waals surface area contributed by atoms with Gasteiger partial charge in [-0.15, -0.1) is 0 Å². The molecule has 0 bridgehead atoms. The molecule has 9 heteroatoms. The topological polar surface area (TPSA) is 139 Å². The molecular formula is C10H19N3O6. The second kappa shape index (κ2) is 8.27. The van der Waals surface area contributed by atoms with Crippen LogP contribution in [-0.2, 0) is 9.59 Å². The number of carbonyl (C=O) groups excluding carboxylic acids is 2. The van der Waals surface area contributed by atoms with Crippen molar-refractivity contribution in [1.29, 1.82) is 0 Å². The molecule has 0 fully saturated rings. The summed E-state index contributed by atoms with van der Waals surface area (Å²) in [6.07, 6.45) is -1.60. The van der Waals surface area contributed by atoms with Gasteiger partial charge in [-0.2, -0.15) is 0 Å². The van der Waals surface area contributed by atoms with E-state index in [1.807, 2.05) is 13.8 Å². The monoisotopic (exact) mass is 277 g/mol. The fourth-order valence-corrected chi connectivity index (χ4v) is 1.31.